The van der Waals surface area contributed by atoms with E-state index >= 15 is 0 Å². The van der Waals surface area contributed by atoms with Gasteiger partial charge in [0.15, 0.2) is 0 Å². The van der Waals surface area contributed by atoms with Crippen LogP contribution in [0.4, 0.5) is 5.69 Å². The number of aromatic nitrogens is 1. The summed E-state index contributed by atoms with van der Waals surface area (Å²) in [6.45, 7) is 3.65. The summed E-state index contributed by atoms with van der Waals surface area (Å²) in [4.78, 5) is 15.3. The van der Waals surface area contributed by atoms with Gasteiger partial charge < -0.3 is 19.3 Å². The van der Waals surface area contributed by atoms with Gasteiger partial charge in [0, 0.05) is 18.2 Å². The van der Waals surface area contributed by atoms with E-state index in [0.29, 0.717) is 38.9 Å². The third-order valence-corrected chi connectivity index (χ3v) is 8.18. The summed E-state index contributed by atoms with van der Waals surface area (Å²) in [6, 6.07) is 12.0. The van der Waals surface area contributed by atoms with E-state index in [0.717, 1.165) is 0 Å². The molecule has 11 heteroatoms. The number of hydrogen-bond donors (Lipinski definition) is 1. The molecule has 0 saturated carbocycles. The molecule has 3 aromatic rings. The van der Waals surface area contributed by atoms with Gasteiger partial charge in [0.25, 0.3) is 10.0 Å². The second kappa shape index (κ2) is 12.0. The highest BCUT2D eigenvalue weighted by Gasteiger charge is 2.37. The lowest BCUT2D eigenvalue weighted by atomic mass is 10.1. The van der Waals surface area contributed by atoms with Gasteiger partial charge in [-0.05, 0) is 67.8 Å². The van der Waals surface area contributed by atoms with Crippen molar-refractivity contribution in [1.29, 1.82) is 0 Å². The van der Waals surface area contributed by atoms with Crippen LogP contribution in [0.15, 0.2) is 53.6 Å². The minimum atomic E-state index is -4.17. The summed E-state index contributed by atoms with van der Waals surface area (Å²) in [5.74, 6) is -0.0666. The van der Waals surface area contributed by atoms with Gasteiger partial charge >= 0.3 is 5.97 Å². The molecule has 1 atom stereocenters. The molecular weight excluding hydrogens is 544 g/mol. The van der Waals surface area contributed by atoms with Gasteiger partial charge in [-0.2, -0.15) is 0 Å². The van der Waals surface area contributed by atoms with Crippen molar-refractivity contribution in [1.82, 2.24) is 4.98 Å². The number of carbonyl (C=O) groups is 1. The van der Waals surface area contributed by atoms with Crippen molar-refractivity contribution in [2.75, 3.05) is 24.6 Å². The van der Waals surface area contributed by atoms with Crippen molar-refractivity contribution < 1.29 is 32.5 Å². The smallest absolute Gasteiger partial charge is 0.303 e. The van der Waals surface area contributed by atoms with E-state index in [1.165, 1.54) is 10.4 Å². The molecule has 0 saturated heterocycles. The van der Waals surface area contributed by atoms with Crippen molar-refractivity contribution in [2.45, 2.75) is 37.7 Å². The molecule has 0 amide bonds. The van der Waals surface area contributed by atoms with Crippen molar-refractivity contribution >= 4 is 45.4 Å². The molecule has 0 fully saturated rings. The predicted octanol–water partition coefficient (Wildman–Crippen LogP) is 5.44. The van der Waals surface area contributed by atoms with E-state index in [9.17, 15) is 18.3 Å². The fraction of sp³-hybridized carbons (Fsp3) is 0.286. The van der Waals surface area contributed by atoms with Gasteiger partial charge in [-0.1, -0.05) is 29.8 Å². The van der Waals surface area contributed by atoms with E-state index < -0.39 is 22.1 Å². The van der Waals surface area contributed by atoms with E-state index in [1.807, 2.05) is 0 Å². The third-order valence-electron chi connectivity index (χ3n) is 6.07. The van der Waals surface area contributed by atoms with Crippen LogP contribution in [0.25, 0.3) is 12.2 Å². The van der Waals surface area contributed by atoms with Crippen LogP contribution in [0.1, 0.15) is 36.5 Å². The van der Waals surface area contributed by atoms with Crippen LogP contribution in [0.2, 0.25) is 5.02 Å². The number of halogens is 1. The van der Waals surface area contributed by atoms with Crippen molar-refractivity contribution in [3.8, 4) is 17.4 Å². The number of fused-ring (bicyclic) bond motifs is 1. The summed E-state index contributed by atoms with van der Waals surface area (Å²) in [7, 11) is -2.62. The molecule has 0 radical (unpaired) electrons. The van der Waals surface area contributed by atoms with Crippen LogP contribution in [0.5, 0.6) is 17.4 Å². The summed E-state index contributed by atoms with van der Waals surface area (Å²) in [5, 5.41) is 9.68. The Morgan fingerprint density at radius 2 is 2.05 bits per heavy atom. The highest BCUT2D eigenvalue weighted by Crippen LogP contribution is 2.40. The number of rotatable bonds is 10. The molecule has 4 rings (SSSR count). The number of methoxy groups -OCH3 is 1. The highest BCUT2D eigenvalue weighted by molar-refractivity contribution is 7.93. The van der Waals surface area contributed by atoms with Crippen LogP contribution in [-0.4, -0.2) is 50.8 Å². The SMILES string of the molecule is CCOc1ncc(C)cc1S(=O)(=O)N1C[C@H](CCC(=O)O)Oc2ccc(/C=C/c3c(Cl)cccc3OC)cc21. The van der Waals surface area contributed by atoms with Crippen LogP contribution in [0.3, 0.4) is 0 Å². The van der Waals surface area contributed by atoms with Gasteiger partial charge in [-0.15, -0.1) is 0 Å². The Hall–Kier alpha value is -3.76. The number of pyridine rings is 1. The maximum Gasteiger partial charge on any atom is 0.303 e. The zero-order valence-electron chi connectivity index (χ0n) is 21.8. The number of carboxylic acids is 1. The Labute approximate surface area is 232 Å². The lowest BCUT2D eigenvalue weighted by Gasteiger charge is -2.35. The average Bonchev–Trinajstić information content (AvgIpc) is 2.91. The maximum absolute atomic E-state index is 14.1. The average molecular weight is 573 g/mol. The molecule has 206 valence electrons. The number of aryl methyl sites for hydroxylation is 1. The first kappa shape index (κ1) is 28.3. The second-order valence-corrected chi connectivity index (χ2v) is 11.1. The molecule has 1 aliphatic rings. The Balaban J connectivity index is 1.79. The van der Waals surface area contributed by atoms with Crippen molar-refractivity contribution in [2.24, 2.45) is 0 Å². The fourth-order valence-corrected chi connectivity index (χ4v) is 6.11. The summed E-state index contributed by atoms with van der Waals surface area (Å²) >= 11 is 6.36. The van der Waals surface area contributed by atoms with Gasteiger partial charge in [-0.3, -0.25) is 9.10 Å². The lowest BCUT2D eigenvalue weighted by Crippen LogP contribution is -2.44. The number of hydrogen-bond acceptors (Lipinski definition) is 7. The molecule has 1 N–H and O–H groups in total. The number of nitrogens with zero attached hydrogens (tertiary/aromatic N) is 2. The van der Waals surface area contributed by atoms with Crippen molar-refractivity contribution in [3.05, 3.63) is 70.4 Å². The Kier molecular flexibility index (Phi) is 8.66. The maximum atomic E-state index is 14.1. The number of ether oxygens (including phenoxy) is 3. The molecule has 0 aliphatic carbocycles. The quantitative estimate of drug-likeness (QED) is 0.319. The molecule has 39 heavy (non-hydrogen) atoms. The Bertz CT molecular complexity index is 1510. The minimum Gasteiger partial charge on any atom is -0.496 e. The van der Waals surface area contributed by atoms with Crippen LogP contribution in [0, 0.1) is 6.92 Å². The molecular formula is C28H29ClN2O7S. The van der Waals surface area contributed by atoms with Crippen LogP contribution >= 0.6 is 11.6 Å². The second-order valence-electron chi connectivity index (χ2n) is 8.87. The third kappa shape index (κ3) is 6.29. The van der Waals surface area contributed by atoms with E-state index in [4.69, 9.17) is 25.8 Å². The molecule has 9 nitrogen and oxygen atoms in total. The zero-order chi connectivity index (χ0) is 28.2. The van der Waals surface area contributed by atoms with E-state index in [-0.39, 0.29) is 36.8 Å². The topological polar surface area (TPSA) is 115 Å². The molecule has 0 spiro atoms. The Morgan fingerprint density at radius 3 is 2.77 bits per heavy atom. The van der Waals surface area contributed by atoms with Crippen molar-refractivity contribution in [3.63, 3.8) is 0 Å². The molecule has 1 aromatic heterocycles. The number of benzene rings is 2. The Morgan fingerprint density at radius 1 is 1.26 bits per heavy atom. The first-order valence-electron chi connectivity index (χ1n) is 12.3. The van der Waals surface area contributed by atoms with E-state index in [1.54, 1.807) is 75.7 Å². The van der Waals surface area contributed by atoms with Crippen LogP contribution in [-0.2, 0) is 14.8 Å². The number of aliphatic carboxylic acids is 1. The molecule has 1 aliphatic heterocycles. The summed E-state index contributed by atoms with van der Waals surface area (Å²) in [6.07, 6.45) is 4.44. The van der Waals surface area contributed by atoms with Gasteiger partial charge in [-0.25, -0.2) is 13.4 Å². The lowest BCUT2D eigenvalue weighted by molar-refractivity contribution is -0.137. The van der Waals surface area contributed by atoms with Gasteiger partial charge in [0.2, 0.25) is 5.88 Å². The first-order valence-corrected chi connectivity index (χ1v) is 14.1. The standard InChI is InChI=1S/C28H29ClN2O7S/c1-4-37-28-26(14-18(2)16-30-28)39(34,35)31-17-20(10-13-27(32)33)38-25-12-9-19(15-23(25)31)8-11-21-22(29)6-5-7-24(21)36-3/h5-9,11-12,14-16,20H,4,10,13,17H2,1-3H3,(H,32,33)/b11-8+/t20-/m0/s1. The molecule has 0 unspecified atom stereocenters. The first-order chi connectivity index (χ1) is 18.6. The predicted molar refractivity (Wildman–Crippen MR) is 149 cm³/mol. The zero-order valence-corrected chi connectivity index (χ0v) is 23.3. The van der Waals surface area contributed by atoms with Gasteiger partial charge in [0.1, 0.15) is 22.5 Å². The fourth-order valence-electron chi connectivity index (χ4n) is 4.21. The normalized spacial score (nSPS) is 15.1. The highest BCUT2D eigenvalue weighted by atomic mass is 35.5. The summed E-state index contributed by atoms with van der Waals surface area (Å²) < 4.78 is 46.4. The van der Waals surface area contributed by atoms with Crippen LogP contribution < -0.4 is 18.5 Å². The number of carboxylic acid groups (broad SMARTS) is 1. The van der Waals surface area contributed by atoms with Gasteiger partial charge in [0.05, 0.1) is 31.0 Å². The molecule has 2 heterocycles. The monoisotopic (exact) mass is 572 g/mol. The minimum absolute atomic E-state index is 0.0000859. The molecule has 0 bridgehead atoms. The summed E-state index contributed by atoms with van der Waals surface area (Å²) in [5.41, 5.74) is 2.34. The number of anilines is 1. The molecule has 2 aromatic carbocycles. The largest absolute Gasteiger partial charge is 0.496 e. The number of sulfonamides is 1. The van der Waals surface area contributed by atoms with E-state index in [2.05, 4.69) is 4.98 Å².